The van der Waals surface area contributed by atoms with Crippen LogP contribution in [0, 0.1) is 12.8 Å². The van der Waals surface area contributed by atoms with Crippen molar-refractivity contribution in [2.75, 3.05) is 11.9 Å². The second-order valence-corrected chi connectivity index (χ2v) is 6.46. The lowest BCUT2D eigenvalue weighted by Crippen LogP contribution is -2.33. The Balaban J connectivity index is 1.97. The predicted molar refractivity (Wildman–Crippen MR) is 96.8 cm³/mol. The zero-order valence-corrected chi connectivity index (χ0v) is 14.5. The van der Waals surface area contributed by atoms with E-state index in [9.17, 15) is 4.79 Å². The number of carbonyl (C=O) groups excluding carboxylic acids is 1. The number of carbonyl (C=O) groups is 1. The highest BCUT2D eigenvalue weighted by Crippen LogP contribution is 2.22. The average molecular weight is 331 g/mol. The first-order chi connectivity index (χ1) is 11.0. The highest BCUT2D eigenvalue weighted by molar-refractivity contribution is 6.30. The van der Waals surface area contributed by atoms with E-state index in [0.717, 1.165) is 11.3 Å². The van der Waals surface area contributed by atoms with Gasteiger partial charge < -0.3 is 10.6 Å². The molecule has 0 radical (unpaired) electrons. The number of halogens is 1. The van der Waals surface area contributed by atoms with Crippen molar-refractivity contribution in [3.05, 3.63) is 64.7 Å². The third kappa shape index (κ3) is 5.08. The maximum atomic E-state index is 12.2. The molecule has 0 saturated carbocycles. The number of amides is 1. The van der Waals surface area contributed by atoms with E-state index in [4.69, 9.17) is 11.6 Å². The standard InChI is InChI=1S/C19H23ClN2O/c1-13(2)19(15-7-5-4-6-8-15)21-12-18(23)22-17-10-9-16(20)11-14(17)3/h4-11,13,19,21H,12H2,1-3H3,(H,22,23)/t19-/m0/s1. The largest absolute Gasteiger partial charge is 0.325 e. The molecule has 0 aliphatic carbocycles. The highest BCUT2D eigenvalue weighted by atomic mass is 35.5. The monoisotopic (exact) mass is 330 g/mol. The average Bonchev–Trinajstić information content (AvgIpc) is 2.51. The number of rotatable bonds is 6. The van der Waals surface area contributed by atoms with Crippen molar-refractivity contribution in [3.63, 3.8) is 0 Å². The van der Waals surface area contributed by atoms with Gasteiger partial charge in [0.1, 0.15) is 0 Å². The molecule has 0 fully saturated rings. The normalized spacial score (nSPS) is 12.2. The van der Waals surface area contributed by atoms with Gasteiger partial charge in [0.2, 0.25) is 5.91 Å². The van der Waals surface area contributed by atoms with Gasteiger partial charge in [-0.15, -0.1) is 0 Å². The summed E-state index contributed by atoms with van der Waals surface area (Å²) in [7, 11) is 0. The maximum Gasteiger partial charge on any atom is 0.238 e. The van der Waals surface area contributed by atoms with Crippen LogP contribution in [0.1, 0.15) is 31.0 Å². The fourth-order valence-electron chi connectivity index (χ4n) is 2.56. The van der Waals surface area contributed by atoms with Crippen molar-refractivity contribution in [1.29, 1.82) is 0 Å². The quantitative estimate of drug-likeness (QED) is 0.814. The summed E-state index contributed by atoms with van der Waals surface area (Å²) < 4.78 is 0. The van der Waals surface area contributed by atoms with Crippen LogP contribution in [0.5, 0.6) is 0 Å². The minimum Gasteiger partial charge on any atom is -0.325 e. The first-order valence-corrected chi connectivity index (χ1v) is 8.19. The van der Waals surface area contributed by atoms with E-state index in [1.165, 1.54) is 5.56 Å². The fourth-order valence-corrected chi connectivity index (χ4v) is 2.79. The van der Waals surface area contributed by atoms with Crippen molar-refractivity contribution in [3.8, 4) is 0 Å². The number of benzene rings is 2. The van der Waals surface area contributed by atoms with Gasteiger partial charge in [-0.1, -0.05) is 55.8 Å². The molecule has 0 aromatic heterocycles. The Morgan fingerprint density at radius 2 is 1.83 bits per heavy atom. The fraction of sp³-hybridized carbons (Fsp3) is 0.316. The van der Waals surface area contributed by atoms with Crippen molar-refractivity contribution in [1.82, 2.24) is 5.32 Å². The summed E-state index contributed by atoms with van der Waals surface area (Å²) >= 11 is 5.93. The summed E-state index contributed by atoms with van der Waals surface area (Å²) in [6.45, 7) is 6.48. The summed E-state index contributed by atoms with van der Waals surface area (Å²) in [5.74, 6) is 0.333. The Morgan fingerprint density at radius 3 is 2.43 bits per heavy atom. The molecular weight excluding hydrogens is 308 g/mol. The third-order valence-corrected chi connectivity index (χ3v) is 4.01. The lowest BCUT2D eigenvalue weighted by Gasteiger charge is -2.23. The first kappa shape index (κ1) is 17.5. The molecule has 4 heteroatoms. The van der Waals surface area contributed by atoms with Crippen LogP contribution < -0.4 is 10.6 Å². The third-order valence-electron chi connectivity index (χ3n) is 3.77. The van der Waals surface area contributed by atoms with Crippen molar-refractivity contribution < 1.29 is 4.79 Å². The molecule has 2 aromatic rings. The van der Waals surface area contributed by atoms with Gasteiger partial charge in [-0.3, -0.25) is 4.79 Å². The van der Waals surface area contributed by atoms with Gasteiger partial charge in [-0.25, -0.2) is 0 Å². The molecule has 0 heterocycles. The molecule has 0 aliphatic rings. The number of nitrogens with one attached hydrogen (secondary N) is 2. The van der Waals surface area contributed by atoms with E-state index in [-0.39, 0.29) is 18.5 Å². The highest BCUT2D eigenvalue weighted by Gasteiger charge is 2.16. The van der Waals surface area contributed by atoms with Crippen LogP contribution in [0.15, 0.2) is 48.5 Å². The van der Waals surface area contributed by atoms with Crippen molar-refractivity contribution in [2.24, 2.45) is 5.92 Å². The van der Waals surface area contributed by atoms with E-state index in [1.807, 2.05) is 37.3 Å². The second kappa shape index (κ2) is 8.14. The smallest absolute Gasteiger partial charge is 0.238 e. The van der Waals surface area contributed by atoms with Gasteiger partial charge in [0.05, 0.1) is 6.54 Å². The molecule has 2 aromatic carbocycles. The Labute approximate surface area is 143 Å². The summed E-state index contributed by atoms with van der Waals surface area (Å²) in [5, 5.41) is 6.94. The molecule has 23 heavy (non-hydrogen) atoms. The van der Waals surface area contributed by atoms with Crippen LogP contribution >= 0.6 is 11.6 Å². The summed E-state index contributed by atoms with van der Waals surface area (Å²) in [6.07, 6.45) is 0. The van der Waals surface area contributed by atoms with Gasteiger partial charge in [-0.05, 0) is 42.2 Å². The number of hydrogen-bond donors (Lipinski definition) is 2. The van der Waals surface area contributed by atoms with Gasteiger partial charge >= 0.3 is 0 Å². The lowest BCUT2D eigenvalue weighted by atomic mass is 9.96. The SMILES string of the molecule is Cc1cc(Cl)ccc1NC(=O)CN[C@H](c1ccccc1)C(C)C. The lowest BCUT2D eigenvalue weighted by molar-refractivity contribution is -0.115. The molecule has 0 spiro atoms. The van der Waals surface area contributed by atoms with E-state index in [2.05, 4.69) is 36.6 Å². The van der Waals surface area contributed by atoms with Crippen molar-refractivity contribution >= 4 is 23.2 Å². The van der Waals surface area contributed by atoms with Gasteiger partial charge in [0.25, 0.3) is 0 Å². The van der Waals surface area contributed by atoms with Crippen LogP contribution in [0.3, 0.4) is 0 Å². The van der Waals surface area contributed by atoms with Crippen LogP contribution in [-0.2, 0) is 4.79 Å². The van der Waals surface area contributed by atoms with Crippen LogP contribution in [-0.4, -0.2) is 12.5 Å². The second-order valence-electron chi connectivity index (χ2n) is 6.02. The number of anilines is 1. The zero-order chi connectivity index (χ0) is 16.8. The Kier molecular flexibility index (Phi) is 6.20. The predicted octanol–water partition coefficient (Wildman–Crippen LogP) is 4.57. The molecule has 2 N–H and O–H groups in total. The minimum absolute atomic E-state index is 0.0583. The maximum absolute atomic E-state index is 12.2. The van der Waals surface area contributed by atoms with E-state index in [0.29, 0.717) is 10.9 Å². The molecule has 3 nitrogen and oxygen atoms in total. The molecule has 0 bridgehead atoms. The summed E-state index contributed by atoms with van der Waals surface area (Å²) in [6, 6.07) is 15.8. The van der Waals surface area contributed by atoms with Crippen molar-refractivity contribution in [2.45, 2.75) is 26.8 Å². The molecular formula is C19H23ClN2O. The topological polar surface area (TPSA) is 41.1 Å². The zero-order valence-electron chi connectivity index (χ0n) is 13.8. The Hall–Kier alpha value is -1.84. The number of hydrogen-bond acceptors (Lipinski definition) is 2. The summed E-state index contributed by atoms with van der Waals surface area (Å²) in [5.41, 5.74) is 2.94. The Bertz CT molecular complexity index is 656. The van der Waals surface area contributed by atoms with Crippen LogP contribution in [0.2, 0.25) is 5.02 Å². The van der Waals surface area contributed by atoms with E-state index < -0.39 is 0 Å². The van der Waals surface area contributed by atoms with Gasteiger partial charge in [0, 0.05) is 16.8 Å². The Morgan fingerprint density at radius 1 is 1.13 bits per heavy atom. The van der Waals surface area contributed by atoms with E-state index >= 15 is 0 Å². The van der Waals surface area contributed by atoms with Crippen LogP contribution in [0.25, 0.3) is 0 Å². The van der Waals surface area contributed by atoms with Gasteiger partial charge in [-0.2, -0.15) is 0 Å². The molecule has 1 atom stereocenters. The molecule has 2 rings (SSSR count). The molecule has 0 unspecified atom stereocenters. The van der Waals surface area contributed by atoms with Crippen LogP contribution in [0.4, 0.5) is 5.69 Å². The minimum atomic E-state index is -0.0583. The number of aryl methyl sites for hydroxylation is 1. The van der Waals surface area contributed by atoms with Gasteiger partial charge in [0.15, 0.2) is 0 Å². The van der Waals surface area contributed by atoms with E-state index in [1.54, 1.807) is 6.07 Å². The molecule has 0 saturated heterocycles. The molecule has 122 valence electrons. The molecule has 1 amide bonds. The summed E-state index contributed by atoms with van der Waals surface area (Å²) in [4.78, 5) is 12.2. The first-order valence-electron chi connectivity index (χ1n) is 7.81. The molecule has 0 aliphatic heterocycles.